The van der Waals surface area contributed by atoms with Crippen molar-refractivity contribution in [3.05, 3.63) is 35.9 Å². The molecule has 0 fully saturated rings. The Morgan fingerprint density at radius 1 is 1.20 bits per heavy atom. The molecule has 1 rings (SSSR count). The van der Waals surface area contributed by atoms with Crippen LogP contribution in [0.3, 0.4) is 0 Å². The van der Waals surface area contributed by atoms with Crippen LogP contribution in [-0.2, 0) is 11.2 Å². The monoisotopic (exact) mass is 203 g/mol. The third-order valence-electron chi connectivity index (χ3n) is 2.21. The third kappa shape index (κ3) is 3.66. The average molecular weight is 203 g/mol. The van der Waals surface area contributed by atoms with Crippen molar-refractivity contribution in [2.24, 2.45) is 4.99 Å². The summed E-state index contributed by atoms with van der Waals surface area (Å²) in [7, 11) is 0. The van der Waals surface area contributed by atoms with Crippen LogP contribution in [0.1, 0.15) is 25.8 Å². The van der Waals surface area contributed by atoms with Gasteiger partial charge >= 0.3 is 0 Å². The lowest BCUT2D eigenvalue weighted by molar-refractivity contribution is -0.112. The minimum Gasteiger partial charge on any atom is -0.292 e. The zero-order chi connectivity index (χ0) is 11.1. The summed E-state index contributed by atoms with van der Waals surface area (Å²) in [6.45, 7) is 4.60. The fourth-order valence-electron chi connectivity index (χ4n) is 1.47. The van der Waals surface area contributed by atoms with Crippen LogP contribution < -0.4 is 0 Å². The van der Waals surface area contributed by atoms with Crippen LogP contribution in [0.15, 0.2) is 35.3 Å². The topological polar surface area (TPSA) is 29.4 Å². The Hall–Kier alpha value is -1.44. The molecule has 0 saturated carbocycles. The van der Waals surface area contributed by atoms with E-state index in [1.165, 1.54) is 0 Å². The Labute approximate surface area is 91.0 Å². The molecule has 0 unspecified atom stereocenters. The van der Waals surface area contributed by atoms with E-state index in [9.17, 15) is 4.79 Å². The fraction of sp³-hybridized carbons (Fsp3) is 0.385. The minimum atomic E-state index is 0.144. The van der Waals surface area contributed by atoms with Gasteiger partial charge in [-0.2, -0.15) is 0 Å². The van der Waals surface area contributed by atoms with Gasteiger partial charge in [-0.1, -0.05) is 37.3 Å². The van der Waals surface area contributed by atoms with Crippen molar-refractivity contribution in [2.45, 2.75) is 26.7 Å². The maximum absolute atomic E-state index is 11.8. The van der Waals surface area contributed by atoms with Crippen LogP contribution in [0.5, 0.6) is 0 Å². The molecular weight excluding hydrogens is 186 g/mol. The molecular formula is C13H17NO. The predicted molar refractivity (Wildman–Crippen MR) is 63.4 cm³/mol. The van der Waals surface area contributed by atoms with Gasteiger partial charge in [-0.25, -0.2) is 0 Å². The van der Waals surface area contributed by atoms with Crippen molar-refractivity contribution >= 4 is 11.5 Å². The van der Waals surface area contributed by atoms with Crippen molar-refractivity contribution in [3.8, 4) is 0 Å². The number of nitrogens with zero attached hydrogens (tertiary/aromatic N) is 1. The summed E-state index contributed by atoms with van der Waals surface area (Å²) in [6, 6.07) is 9.79. The van der Waals surface area contributed by atoms with Gasteiger partial charge in [0.2, 0.25) is 0 Å². The maximum atomic E-state index is 11.8. The van der Waals surface area contributed by atoms with Gasteiger partial charge < -0.3 is 0 Å². The normalized spacial score (nSPS) is 11.5. The molecule has 0 aliphatic heterocycles. The van der Waals surface area contributed by atoms with Crippen molar-refractivity contribution < 1.29 is 4.79 Å². The number of aliphatic imine (C=N–C) groups is 1. The standard InChI is InChI=1S/C13H17NO/c1-3-12(14-4-2)13(15)10-11-8-6-5-7-9-11/h5-9H,3-4,10H2,1-2H3. The molecule has 2 nitrogen and oxygen atoms in total. The van der Waals surface area contributed by atoms with Gasteiger partial charge in [-0.15, -0.1) is 0 Å². The highest BCUT2D eigenvalue weighted by atomic mass is 16.1. The highest BCUT2D eigenvalue weighted by Crippen LogP contribution is 2.02. The summed E-state index contributed by atoms with van der Waals surface area (Å²) in [5.41, 5.74) is 1.76. The third-order valence-corrected chi connectivity index (χ3v) is 2.21. The predicted octanol–water partition coefficient (Wildman–Crippen LogP) is 2.67. The number of Topliss-reactive ketones (excluding diaryl/α,β-unsaturated/α-hetero) is 1. The quantitative estimate of drug-likeness (QED) is 0.676. The summed E-state index contributed by atoms with van der Waals surface area (Å²) in [6.07, 6.45) is 1.19. The van der Waals surface area contributed by atoms with E-state index in [-0.39, 0.29) is 5.78 Å². The molecule has 0 bridgehead atoms. The molecule has 0 aliphatic carbocycles. The molecule has 0 aromatic heterocycles. The first kappa shape index (κ1) is 11.6. The van der Waals surface area contributed by atoms with Crippen LogP contribution in [0.2, 0.25) is 0 Å². The number of hydrogen-bond donors (Lipinski definition) is 0. The molecule has 1 aromatic rings. The van der Waals surface area contributed by atoms with Crippen molar-refractivity contribution in [2.75, 3.05) is 6.54 Å². The first-order valence-electron chi connectivity index (χ1n) is 5.38. The van der Waals surface area contributed by atoms with E-state index in [0.717, 1.165) is 12.0 Å². The first-order chi connectivity index (χ1) is 7.27. The maximum Gasteiger partial charge on any atom is 0.180 e. The van der Waals surface area contributed by atoms with Gasteiger partial charge in [0, 0.05) is 13.0 Å². The van der Waals surface area contributed by atoms with Gasteiger partial charge in [0.25, 0.3) is 0 Å². The Bertz CT molecular complexity index is 341. The van der Waals surface area contributed by atoms with Crippen LogP contribution in [-0.4, -0.2) is 18.0 Å². The van der Waals surface area contributed by atoms with E-state index < -0.39 is 0 Å². The number of rotatable bonds is 5. The Kier molecular flexibility index (Phi) is 4.75. The number of carbonyl (C=O) groups is 1. The lowest BCUT2D eigenvalue weighted by Crippen LogP contribution is -2.16. The van der Waals surface area contributed by atoms with Gasteiger partial charge in [-0.05, 0) is 18.9 Å². The second-order valence-electron chi connectivity index (χ2n) is 3.36. The molecule has 0 heterocycles. The summed E-state index contributed by atoms with van der Waals surface area (Å²) in [5, 5.41) is 0. The first-order valence-corrected chi connectivity index (χ1v) is 5.38. The van der Waals surface area contributed by atoms with E-state index in [1.807, 2.05) is 44.2 Å². The second kappa shape index (κ2) is 6.12. The van der Waals surface area contributed by atoms with Crippen LogP contribution >= 0.6 is 0 Å². The van der Waals surface area contributed by atoms with E-state index in [4.69, 9.17) is 0 Å². The second-order valence-corrected chi connectivity index (χ2v) is 3.36. The van der Waals surface area contributed by atoms with E-state index in [1.54, 1.807) is 0 Å². The molecule has 0 radical (unpaired) electrons. The van der Waals surface area contributed by atoms with E-state index in [0.29, 0.717) is 18.7 Å². The average Bonchev–Trinajstić information content (AvgIpc) is 2.27. The lowest BCUT2D eigenvalue weighted by Gasteiger charge is -2.02. The zero-order valence-corrected chi connectivity index (χ0v) is 9.36. The highest BCUT2D eigenvalue weighted by Gasteiger charge is 2.09. The van der Waals surface area contributed by atoms with E-state index >= 15 is 0 Å². The molecule has 0 spiro atoms. The molecule has 1 aromatic carbocycles. The zero-order valence-electron chi connectivity index (χ0n) is 9.36. The SMILES string of the molecule is CCN=C(CC)C(=O)Cc1ccccc1. The number of hydrogen-bond acceptors (Lipinski definition) is 2. The van der Waals surface area contributed by atoms with Gasteiger partial charge in [-0.3, -0.25) is 9.79 Å². The molecule has 80 valence electrons. The highest BCUT2D eigenvalue weighted by molar-refractivity contribution is 6.40. The van der Waals surface area contributed by atoms with Gasteiger partial charge in [0.15, 0.2) is 5.78 Å². The van der Waals surface area contributed by atoms with Crippen molar-refractivity contribution in [3.63, 3.8) is 0 Å². The molecule has 15 heavy (non-hydrogen) atoms. The number of benzene rings is 1. The van der Waals surface area contributed by atoms with Crippen molar-refractivity contribution in [1.82, 2.24) is 0 Å². The summed E-state index contributed by atoms with van der Waals surface area (Å²) >= 11 is 0. The molecule has 0 saturated heterocycles. The summed E-state index contributed by atoms with van der Waals surface area (Å²) in [5.74, 6) is 0.144. The Balaban J connectivity index is 2.67. The van der Waals surface area contributed by atoms with Crippen LogP contribution in [0, 0.1) is 0 Å². The Morgan fingerprint density at radius 3 is 2.40 bits per heavy atom. The smallest absolute Gasteiger partial charge is 0.180 e. The number of carbonyl (C=O) groups excluding carboxylic acids is 1. The van der Waals surface area contributed by atoms with Crippen LogP contribution in [0.4, 0.5) is 0 Å². The summed E-state index contributed by atoms with van der Waals surface area (Å²) < 4.78 is 0. The van der Waals surface area contributed by atoms with Gasteiger partial charge in [0.05, 0.1) is 5.71 Å². The largest absolute Gasteiger partial charge is 0.292 e. The molecule has 0 amide bonds. The van der Waals surface area contributed by atoms with Gasteiger partial charge in [0.1, 0.15) is 0 Å². The lowest BCUT2D eigenvalue weighted by atomic mass is 10.0. The molecule has 0 aliphatic rings. The molecule has 2 heteroatoms. The summed E-state index contributed by atoms with van der Waals surface area (Å²) in [4.78, 5) is 16.0. The molecule has 0 N–H and O–H groups in total. The Morgan fingerprint density at radius 2 is 1.87 bits per heavy atom. The fourth-order valence-corrected chi connectivity index (χ4v) is 1.47. The minimum absolute atomic E-state index is 0.144. The molecule has 0 atom stereocenters. The van der Waals surface area contributed by atoms with E-state index in [2.05, 4.69) is 4.99 Å². The van der Waals surface area contributed by atoms with Crippen molar-refractivity contribution in [1.29, 1.82) is 0 Å². The van der Waals surface area contributed by atoms with Crippen LogP contribution in [0.25, 0.3) is 0 Å². The number of ketones is 1.